The Balaban J connectivity index is 2.59. The summed E-state index contributed by atoms with van der Waals surface area (Å²) in [4.78, 5) is 0. The topological polar surface area (TPSA) is 29.5 Å². The molecular formula is C8H15FO2. The molecule has 11 heavy (non-hydrogen) atoms. The van der Waals surface area contributed by atoms with Crippen molar-refractivity contribution in [2.24, 2.45) is 5.92 Å². The molecule has 0 unspecified atom stereocenters. The zero-order valence-corrected chi connectivity index (χ0v) is 7.12. The Hall–Kier alpha value is -0.150. The molecule has 66 valence electrons. The van der Waals surface area contributed by atoms with Crippen LogP contribution < -0.4 is 0 Å². The van der Waals surface area contributed by atoms with Crippen LogP contribution in [0.1, 0.15) is 20.8 Å². The van der Waals surface area contributed by atoms with Crippen LogP contribution in [0.4, 0.5) is 4.39 Å². The smallest absolute Gasteiger partial charge is 0.155 e. The second-order valence-electron chi connectivity index (χ2n) is 3.48. The van der Waals surface area contributed by atoms with Crippen LogP contribution in [0.15, 0.2) is 0 Å². The van der Waals surface area contributed by atoms with E-state index in [4.69, 9.17) is 4.74 Å². The average Bonchev–Trinajstić information content (AvgIpc) is 2.17. The third kappa shape index (κ3) is 1.54. The van der Waals surface area contributed by atoms with Crippen LogP contribution in [0.25, 0.3) is 0 Å². The average molecular weight is 162 g/mol. The zero-order chi connectivity index (χ0) is 8.59. The predicted molar refractivity (Wildman–Crippen MR) is 40.1 cm³/mol. The Morgan fingerprint density at radius 1 is 1.45 bits per heavy atom. The van der Waals surface area contributed by atoms with E-state index >= 15 is 0 Å². The van der Waals surface area contributed by atoms with Crippen LogP contribution in [0.3, 0.4) is 0 Å². The van der Waals surface area contributed by atoms with Crippen molar-refractivity contribution in [1.29, 1.82) is 0 Å². The van der Waals surface area contributed by atoms with E-state index in [2.05, 4.69) is 0 Å². The molecule has 1 aliphatic rings. The quantitative estimate of drug-likeness (QED) is 0.626. The van der Waals surface area contributed by atoms with E-state index < -0.39 is 18.4 Å². The summed E-state index contributed by atoms with van der Waals surface area (Å²) in [5.41, 5.74) is 0. The second kappa shape index (κ2) is 3.07. The Morgan fingerprint density at radius 2 is 2.00 bits per heavy atom. The summed E-state index contributed by atoms with van der Waals surface area (Å²) in [6, 6.07) is 0. The van der Waals surface area contributed by atoms with E-state index in [1.807, 2.05) is 13.8 Å². The molecule has 0 spiro atoms. The fourth-order valence-corrected chi connectivity index (χ4v) is 1.38. The number of halogens is 1. The molecule has 1 saturated heterocycles. The van der Waals surface area contributed by atoms with Gasteiger partial charge < -0.3 is 9.84 Å². The fraction of sp³-hybridized carbons (Fsp3) is 1.00. The van der Waals surface area contributed by atoms with Gasteiger partial charge in [0.15, 0.2) is 6.17 Å². The number of aliphatic hydroxyl groups excluding tert-OH is 1. The van der Waals surface area contributed by atoms with E-state index in [-0.39, 0.29) is 12.0 Å². The van der Waals surface area contributed by atoms with Gasteiger partial charge in [-0.1, -0.05) is 13.8 Å². The Labute approximate surface area is 66.4 Å². The van der Waals surface area contributed by atoms with Crippen LogP contribution in [0, 0.1) is 5.92 Å². The molecule has 1 N–H and O–H groups in total. The molecule has 0 bridgehead atoms. The Morgan fingerprint density at radius 3 is 2.18 bits per heavy atom. The van der Waals surface area contributed by atoms with Crippen molar-refractivity contribution in [3.8, 4) is 0 Å². The summed E-state index contributed by atoms with van der Waals surface area (Å²) in [5.74, 6) is 0.129. The maximum atomic E-state index is 13.1. The Kier molecular flexibility index (Phi) is 2.50. The van der Waals surface area contributed by atoms with Gasteiger partial charge in [0.2, 0.25) is 0 Å². The van der Waals surface area contributed by atoms with Gasteiger partial charge in [-0.05, 0) is 12.8 Å². The monoisotopic (exact) mass is 162 g/mol. The molecule has 0 amide bonds. The summed E-state index contributed by atoms with van der Waals surface area (Å²) in [6.45, 7) is 5.48. The SMILES string of the molecule is CC(C)[C@@H]1O[C@H](C)[C@@H](O)[C@H]1F. The first-order valence-electron chi connectivity index (χ1n) is 4.01. The number of rotatable bonds is 1. The number of hydrogen-bond donors (Lipinski definition) is 1. The first-order chi connectivity index (χ1) is 5.04. The molecular weight excluding hydrogens is 147 g/mol. The van der Waals surface area contributed by atoms with Crippen molar-refractivity contribution < 1.29 is 14.2 Å². The summed E-state index contributed by atoms with van der Waals surface area (Å²) in [7, 11) is 0. The van der Waals surface area contributed by atoms with Crippen molar-refractivity contribution in [3.05, 3.63) is 0 Å². The molecule has 0 aromatic heterocycles. The number of alkyl halides is 1. The largest absolute Gasteiger partial charge is 0.387 e. The molecule has 0 radical (unpaired) electrons. The third-order valence-electron chi connectivity index (χ3n) is 2.15. The molecule has 0 aromatic rings. The van der Waals surface area contributed by atoms with Crippen LogP contribution in [-0.4, -0.2) is 29.6 Å². The molecule has 1 fully saturated rings. The van der Waals surface area contributed by atoms with E-state index in [1.165, 1.54) is 0 Å². The lowest BCUT2D eigenvalue weighted by Gasteiger charge is -2.16. The third-order valence-corrected chi connectivity index (χ3v) is 2.15. The molecule has 0 aliphatic carbocycles. The summed E-state index contributed by atoms with van der Waals surface area (Å²) in [5, 5.41) is 9.19. The molecule has 3 heteroatoms. The first-order valence-corrected chi connectivity index (χ1v) is 4.01. The van der Waals surface area contributed by atoms with Crippen molar-refractivity contribution >= 4 is 0 Å². The molecule has 2 nitrogen and oxygen atoms in total. The van der Waals surface area contributed by atoms with Gasteiger partial charge in [0.1, 0.15) is 6.10 Å². The first kappa shape index (κ1) is 8.94. The lowest BCUT2D eigenvalue weighted by Crippen LogP contribution is -2.30. The summed E-state index contributed by atoms with van der Waals surface area (Å²) >= 11 is 0. The van der Waals surface area contributed by atoms with Gasteiger partial charge in [-0.15, -0.1) is 0 Å². The van der Waals surface area contributed by atoms with E-state index in [9.17, 15) is 9.50 Å². The lowest BCUT2D eigenvalue weighted by molar-refractivity contribution is 0.00144. The molecule has 0 aromatic carbocycles. The van der Waals surface area contributed by atoms with Gasteiger partial charge in [0.25, 0.3) is 0 Å². The van der Waals surface area contributed by atoms with Crippen molar-refractivity contribution in [3.63, 3.8) is 0 Å². The molecule has 1 aliphatic heterocycles. The van der Waals surface area contributed by atoms with E-state index in [0.29, 0.717) is 0 Å². The van der Waals surface area contributed by atoms with Crippen LogP contribution in [0.2, 0.25) is 0 Å². The number of ether oxygens (including phenoxy) is 1. The summed E-state index contributed by atoms with van der Waals surface area (Å²) in [6.07, 6.45) is -2.95. The summed E-state index contributed by atoms with van der Waals surface area (Å²) < 4.78 is 18.3. The number of hydrogen-bond acceptors (Lipinski definition) is 2. The van der Waals surface area contributed by atoms with Crippen molar-refractivity contribution in [1.82, 2.24) is 0 Å². The van der Waals surface area contributed by atoms with Crippen LogP contribution >= 0.6 is 0 Å². The highest BCUT2D eigenvalue weighted by molar-refractivity contribution is 4.89. The minimum Gasteiger partial charge on any atom is -0.387 e. The molecule has 1 heterocycles. The minimum absolute atomic E-state index is 0.129. The van der Waals surface area contributed by atoms with Gasteiger partial charge in [-0.3, -0.25) is 0 Å². The fourth-order valence-electron chi connectivity index (χ4n) is 1.38. The van der Waals surface area contributed by atoms with Gasteiger partial charge >= 0.3 is 0 Å². The van der Waals surface area contributed by atoms with Crippen LogP contribution in [0.5, 0.6) is 0 Å². The van der Waals surface area contributed by atoms with Gasteiger partial charge in [-0.25, -0.2) is 4.39 Å². The van der Waals surface area contributed by atoms with Gasteiger partial charge in [0.05, 0.1) is 12.2 Å². The van der Waals surface area contributed by atoms with Crippen molar-refractivity contribution in [2.75, 3.05) is 0 Å². The standard InChI is InChI=1S/C8H15FO2/c1-4(2)8-6(9)7(10)5(3)11-8/h4-8,10H,1-3H3/t5-,6-,7-,8+/m1/s1. The van der Waals surface area contributed by atoms with Gasteiger partial charge in [0, 0.05) is 0 Å². The maximum Gasteiger partial charge on any atom is 0.155 e. The highest BCUT2D eigenvalue weighted by atomic mass is 19.1. The van der Waals surface area contributed by atoms with Crippen molar-refractivity contribution in [2.45, 2.75) is 45.3 Å². The lowest BCUT2D eigenvalue weighted by atomic mass is 10.0. The predicted octanol–water partition coefficient (Wildman–Crippen LogP) is 1.13. The van der Waals surface area contributed by atoms with Crippen LogP contribution in [-0.2, 0) is 4.74 Å². The maximum absolute atomic E-state index is 13.1. The van der Waals surface area contributed by atoms with Gasteiger partial charge in [-0.2, -0.15) is 0 Å². The molecule has 0 saturated carbocycles. The Bertz CT molecular complexity index is 138. The zero-order valence-electron chi connectivity index (χ0n) is 7.12. The molecule has 1 rings (SSSR count). The normalized spacial score (nSPS) is 45.3. The molecule has 4 atom stereocenters. The number of aliphatic hydroxyl groups is 1. The minimum atomic E-state index is -1.22. The highest BCUT2D eigenvalue weighted by Crippen LogP contribution is 2.28. The highest BCUT2D eigenvalue weighted by Gasteiger charge is 2.42. The van der Waals surface area contributed by atoms with E-state index in [0.717, 1.165) is 0 Å². The van der Waals surface area contributed by atoms with E-state index in [1.54, 1.807) is 6.92 Å². The second-order valence-corrected chi connectivity index (χ2v) is 3.48.